The number of carbonyl (C=O) groups is 1. The van der Waals surface area contributed by atoms with E-state index in [4.69, 9.17) is 22.1 Å². The average molecular weight is 355 g/mol. The number of amides is 1. The van der Waals surface area contributed by atoms with Crippen LogP contribution in [0.4, 0.5) is 5.69 Å². The summed E-state index contributed by atoms with van der Waals surface area (Å²) in [6, 6.07) is 3.13. The molecule has 24 heavy (non-hydrogen) atoms. The van der Waals surface area contributed by atoms with E-state index in [1.807, 2.05) is 5.01 Å². The highest BCUT2D eigenvalue weighted by molar-refractivity contribution is 6.33. The molecular formula is C17H27ClN4O2. The van der Waals surface area contributed by atoms with Crippen molar-refractivity contribution in [3.8, 4) is 5.75 Å². The zero-order chi connectivity index (χ0) is 17.5. The normalized spacial score (nSPS) is 16.6. The van der Waals surface area contributed by atoms with Gasteiger partial charge in [0.25, 0.3) is 5.91 Å². The quantitative estimate of drug-likeness (QED) is 0.767. The molecule has 1 aromatic rings. The highest BCUT2D eigenvalue weighted by Crippen LogP contribution is 2.28. The largest absolute Gasteiger partial charge is 0.496 e. The summed E-state index contributed by atoms with van der Waals surface area (Å²) in [5.41, 5.74) is 9.51. The second-order valence-electron chi connectivity index (χ2n) is 6.05. The molecule has 0 aliphatic carbocycles. The number of hydrogen-bond acceptors (Lipinski definition) is 5. The van der Waals surface area contributed by atoms with Gasteiger partial charge in [-0.1, -0.05) is 24.9 Å². The Morgan fingerprint density at radius 1 is 1.33 bits per heavy atom. The van der Waals surface area contributed by atoms with Crippen molar-refractivity contribution in [1.29, 1.82) is 0 Å². The highest BCUT2D eigenvalue weighted by atomic mass is 35.5. The number of nitrogens with two attached hydrogens (primary N) is 1. The van der Waals surface area contributed by atoms with Crippen molar-refractivity contribution in [2.75, 3.05) is 45.6 Å². The first-order valence-electron chi connectivity index (χ1n) is 8.46. The van der Waals surface area contributed by atoms with Crippen molar-refractivity contribution < 1.29 is 9.53 Å². The number of ether oxygens (including phenoxy) is 1. The second kappa shape index (κ2) is 9.11. The number of carbonyl (C=O) groups excluding carboxylic acids is 1. The van der Waals surface area contributed by atoms with Gasteiger partial charge >= 0.3 is 0 Å². The summed E-state index contributed by atoms with van der Waals surface area (Å²) in [6.45, 7) is 7.00. The number of nitrogen functional groups attached to an aromatic ring is 1. The van der Waals surface area contributed by atoms with E-state index in [0.29, 0.717) is 22.0 Å². The van der Waals surface area contributed by atoms with E-state index in [0.717, 1.165) is 39.1 Å². The fourth-order valence-electron chi connectivity index (χ4n) is 2.81. The smallest absolute Gasteiger partial charge is 0.269 e. The van der Waals surface area contributed by atoms with Gasteiger partial charge in [-0.25, -0.2) is 5.01 Å². The summed E-state index contributed by atoms with van der Waals surface area (Å²) in [4.78, 5) is 15.0. The summed E-state index contributed by atoms with van der Waals surface area (Å²) in [7, 11) is 1.51. The molecule has 6 nitrogen and oxygen atoms in total. The molecule has 0 bridgehead atoms. The van der Waals surface area contributed by atoms with Crippen LogP contribution in [0, 0.1) is 0 Å². The van der Waals surface area contributed by atoms with Crippen LogP contribution in [0.3, 0.4) is 0 Å². The zero-order valence-corrected chi connectivity index (χ0v) is 15.2. The lowest BCUT2D eigenvalue weighted by atomic mass is 10.1. The molecule has 1 aliphatic rings. The van der Waals surface area contributed by atoms with Gasteiger partial charge in [-0.05, 0) is 32.0 Å². The van der Waals surface area contributed by atoms with Crippen molar-refractivity contribution >= 4 is 23.2 Å². The van der Waals surface area contributed by atoms with Crippen LogP contribution < -0.4 is 15.9 Å². The van der Waals surface area contributed by atoms with Crippen LogP contribution in [0.1, 0.15) is 36.5 Å². The molecule has 0 radical (unpaired) electrons. The highest BCUT2D eigenvalue weighted by Gasteiger charge is 2.20. The number of nitrogens with zero attached hydrogens (tertiary/aromatic N) is 2. The first-order valence-corrected chi connectivity index (χ1v) is 8.84. The molecule has 3 N–H and O–H groups in total. The number of halogens is 1. The zero-order valence-electron chi connectivity index (χ0n) is 14.5. The lowest BCUT2D eigenvalue weighted by Gasteiger charge is -2.22. The first-order chi connectivity index (χ1) is 11.5. The molecule has 1 aromatic carbocycles. The molecule has 1 amide bonds. The molecule has 1 fully saturated rings. The van der Waals surface area contributed by atoms with E-state index in [9.17, 15) is 4.79 Å². The van der Waals surface area contributed by atoms with Gasteiger partial charge in [-0.2, -0.15) is 0 Å². The van der Waals surface area contributed by atoms with Crippen LogP contribution in [0.25, 0.3) is 0 Å². The SMILES string of the molecule is CCCCN1CCCN(NC(=O)c2cc(Cl)c(N)cc2OC)CC1. The van der Waals surface area contributed by atoms with Gasteiger partial charge in [0.2, 0.25) is 0 Å². The standard InChI is InChI=1S/C17H27ClN4O2/c1-3-4-6-21-7-5-8-22(10-9-21)20-17(23)13-11-14(18)15(19)12-16(13)24-2/h11-12H,3-10,19H2,1-2H3,(H,20,23). The number of nitrogens with one attached hydrogen (secondary N) is 1. The molecule has 1 heterocycles. The third-order valence-electron chi connectivity index (χ3n) is 4.24. The number of rotatable bonds is 6. The van der Waals surface area contributed by atoms with Crippen molar-refractivity contribution in [3.05, 3.63) is 22.7 Å². The van der Waals surface area contributed by atoms with Gasteiger partial charge in [-0.3, -0.25) is 10.2 Å². The van der Waals surface area contributed by atoms with Gasteiger partial charge in [0.15, 0.2) is 0 Å². The number of hydrogen-bond donors (Lipinski definition) is 2. The molecule has 0 saturated carbocycles. The second-order valence-corrected chi connectivity index (χ2v) is 6.46. The van der Waals surface area contributed by atoms with E-state index >= 15 is 0 Å². The molecule has 0 aromatic heterocycles. The van der Waals surface area contributed by atoms with Gasteiger partial charge in [-0.15, -0.1) is 0 Å². The Labute approximate surface area is 148 Å². The van der Waals surface area contributed by atoms with Crippen molar-refractivity contribution in [2.45, 2.75) is 26.2 Å². The third kappa shape index (κ3) is 5.00. The molecule has 1 saturated heterocycles. The van der Waals surface area contributed by atoms with Gasteiger partial charge < -0.3 is 15.4 Å². The Morgan fingerprint density at radius 2 is 2.12 bits per heavy atom. The molecule has 0 spiro atoms. The van der Waals surface area contributed by atoms with Crippen molar-refractivity contribution in [1.82, 2.24) is 15.3 Å². The number of benzene rings is 1. The first kappa shape index (κ1) is 18.8. The van der Waals surface area contributed by atoms with Crippen LogP contribution in [-0.4, -0.2) is 55.6 Å². The molecule has 134 valence electrons. The maximum Gasteiger partial charge on any atom is 0.269 e. The molecule has 0 atom stereocenters. The van der Waals surface area contributed by atoms with Gasteiger partial charge in [0.1, 0.15) is 5.75 Å². The fraction of sp³-hybridized carbons (Fsp3) is 0.588. The van der Waals surface area contributed by atoms with E-state index < -0.39 is 0 Å². The van der Waals surface area contributed by atoms with Crippen molar-refractivity contribution in [2.24, 2.45) is 0 Å². The van der Waals surface area contributed by atoms with Gasteiger partial charge in [0.05, 0.1) is 23.4 Å². The molecular weight excluding hydrogens is 328 g/mol. The number of unbranched alkanes of at least 4 members (excludes halogenated alkanes) is 1. The maximum absolute atomic E-state index is 12.6. The van der Waals surface area contributed by atoms with Crippen LogP contribution >= 0.6 is 11.6 Å². The Morgan fingerprint density at radius 3 is 2.83 bits per heavy atom. The minimum atomic E-state index is -0.226. The summed E-state index contributed by atoms with van der Waals surface area (Å²) >= 11 is 6.04. The number of hydrazine groups is 1. The summed E-state index contributed by atoms with van der Waals surface area (Å²) < 4.78 is 5.25. The molecule has 2 rings (SSSR count). The summed E-state index contributed by atoms with van der Waals surface area (Å²) in [6.07, 6.45) is 3.45. The van der Waals surface area contributed by atoms with E-state index in [1.165, 1.54) is 20.0 Å². The van der Waals surface area contributed by atoms with Crippen molar-refractivity contribution in [3.63, 3.8) is 0 Å². The Bertz CT molecular complexity index is 568. The molecule has 7 heteroatoms. The number of methoxy groups -OCH3 is 1. The average Bonchev–Trinajstić information content (AvgIpc) is 2.80. The van der Waals surface area contributed by atoms with Gasteiger partial charge in [0, 0.05) is 25.7 Å². The Kier molecular flexibility index (Phi) is 7.15. The maximum atomic E-state index is 12.6. The van der Waals surface area contributed by atoms with Crippen LogP contribution in [0.15, 0.2) is 12.1 Å². The van der Waals surface area contributed by atoms with E-state index in [1.54, 1.807) is 12.1 Å². The van der Waals surface area contributed by atoms with Crippen LogP contribution in [-0.2, 0) is 0 Å². The third-order valence-corrected chi connectivity index (χ3v) is 4.57. The number of anilines is 1. The lowest BCUT2D eigenvalue weighted by molar-refractivity contribution is 0.0791. The lowest BCUT2D eigenvalue weighted by Crippen LogP contribution is -2.44. The van der Waals surface area contributed by atoms with E-state index in [-0.39, 0.29) is 5.91 Å². The molecule has 0 unspecified atom stereocenters. The van der Waals surface area contributed by atoms with E-state index in [2.05, 4.69) is 17.2 Å². The van der Waals surface area contributed by atoms with Crippen LogP contribution in [0.5, 0.6) is 5.75 Å². The Hall–Kier alpha value is -1.50. The topological polar surface area (TPSA) is 70.8 Å². The summed E-state index contributed by atoms with van der Waals surface area (Å²) in [5.74, 6) is 0.199. The predicted octanol–water partition coefficient (Wildman–Crippen LogP) is 2.38. The minimum Gasteiger partial charge on any atom is -0.496 e. The Balaban J connectivity index is 1.98. The van der Waals surface area contributed by atoms with Crippen LogP contribution in [0.2, 0.25) is 5.02 Å². The predicted molar refractivity (Wildman–Crippen MR) is 97.4 cm³/mol. The minimum absolute atomic E-state index is 0.226. The monoisotopic (exact) mass is 354 g/mol. The summed E-state index contributed by atoms with van der Waals surface area (Å²) in [5, 5.41) is 2.32. The fourth-order valence-corrected chi connectivity index (χ4v) is 2.97. The molecule has 1 aliphatic heterocycles.